The van der Waals surface area contributed by atoms with Crippen LogP contribution in [0.2, 0.25) is 0 Å². The van der Waals surface area contributed by atoms with E-state index in [1.165, 1.54) is 16.9 Å². The first-order valence-corrected chi connectivity index (χ1v) is 9.05. The van der Waals surface area contributed by atoms with E-state index >= 15 is 0 Å². The third-order valence-corrected chi connectivity index (χ3v) is 4.87. The zero-order valence-electron chi connectivity index (χ0n) is 14.4. The van der Waals surface area contributed by atoms with E-state index < -0.39 is 0 Å². The minimum atomic E-state index is -0.00567. The van der Waals surface area contributed by atoms with Gasteiger partial charge in [-0.15, -0.1) is 11.3 Å². The summed E-state index contributed by atoms with van der Waals surface area (Å²) in [6.45, 7) is 3.14. The number of carbonyl (C=O) groups is 1. The first kappa shape index (κ1) is 17.4. The highest BCUT2D eigenvalue weighted by molar-refractivity contribution is 7.12. The second-order valence-corrected chi connectivity index (χ2v) is 6.67. The normalized spacial score (nSPS) is 10.6. The lowest BCUT2D eigenvalue weighted by atomic mass is 9.97. The van der Waals surface area contributed by atoms with Crippen LogP contribution in [0.4, 0.5) is 0 Å². The van der Waals surface area contributed by atoms with Gasteiger partial charge in [0.1, 0.15) is 12.4 Å². The van der Waals surface area contributed by atoms with Crippen molar-refractivity contribution in [3.8, 4) is 16.9 Å². The minimum absolute atomic E-state index is 0.00567. The summed E-state index contributed by atoms with van der Waals surface area (Å²) in [4.78, 5) is 13.7. The quantitative estimate of drug-likeness (QED) is 0.463. The van der Waals surface area contributed by atoms with Crippen LogP contribution in [0.1, 0.15) is 20.8 Å². The summed E-state index contributed by atoms with van der Waals surface area (Å²) in [7, 11) is 1.75. The molecule has 0 fully saturated rings. The molecule has 3 nitrogen and oxygen atoms in total. The SMILES string of the molecule is C[N]CCOc1ccc(-c2ccccc2C)cc1C(=O)c1cccs1. The van der Waals surface area contributed by atoms with Gasteiger partial charge in [-0.1, -0.05) is 36.4 Å². The summed E-state index contributed by atoms with van der Waals surface area (Å²) >= 11 is 1.44. The van der Waals surface area contributed by atoms with Gasteiger partial charge < -0.3 is 4.74 Å². The van der Waals surface area contributed by atoms with Crippen molar-refractivity contribution in [3.05, 3.63) is 76.0 Å². The molecule has 3 rings (SSSR count). The van der Waals surface area contributed by atoms with Crippen LogP contribution in [0.3, 0.4) is 0 Å². The van der Waals surface area contributed by atoms with Crippen LogP contribution in [-0.2, 0) is 0 Å². The number of carbonyl (C=O) groups excluding carboxylic acids is 1. The first-order chi connectivity index (χ1) is 12.2. The van der Waals surface area contributed by atoms with E-state index in [1.54, 1.807) is 7.05 Å². The topological polar surface area (TPSA) is 40.4 Å². The molecule has 0 aliphatic carbocycles. The van der Waals surface area contributed by atoms with E-state index in [0.29, 0.717) is 29.3 Å². The molecule has 25 heavy (non-hydrogen) atoms. The Morgan fingerprint density at radius 3 is 2.68 bits per heavy atom. The Morgan fingerprint density at radius 2 is 1.96 bits per heavy atom. The summed E-state index contributed by atoms with van der Waals surface area (Å²) < 4.78 is 5.81. The molecule has 0 unspecified atom stereocenters. The molecule has 127 valence electrons. The molecule has 0 amide bonds. The second kappa shape index (κ2) is 8.10. The summed E-state index contributed by atoms with van der Waals surface area (Å²) in [6, 6.07) is 17.7. The zero-order chi connectivity index (χ0) is 17.6. The van der Waals surface area contributed by atoms with Crippen molar-refractivity contribution in [2.75, 3.05) is 20.2 Å². The van der Waals surface area contributed by atoms with Crippen LogP contribution in [0.5, 0.6) is 5.75 Å². The van der Waals surface area contributed by atoms with Crippen LogP contribution in [0, 0.1) is 6.92 Å². The van der Waals surface area contributed by atoms with E-state index in [1.807, 2.05) is 47.8 Å². The molecule has 0 bridgehead atoms. The lowest BCUT2D eigenvalue weighted by Gasteiger charge is -2.13. The Kier molecular flexibility index (Phi) is 5.64. The number of hydrogen-bond acceptors (Lipinski definition) is 3. The van der Waals surface area contributed by atoms with Gasteiger partial charge in [0.25, 0.3) is 0 Å². The first-order valence-electron chi connectivity index (χ1n) is 8.17. The Bertz CT molecular complexity index is 856. The highest BCUT2D eigenvalue weighted by Crippen LogP contribution is 2.31. The van der Waals surface area contributed by atoms with Gasteiger partial charge in [0.05, 0.1) is 10.4 Å². The maximum absolute atomic E-state index is 12.9. The highest BCUT2D eigenvalue weighted by atomic mass is 32.1. The molecule has 1 aromatic heterocycles. The third kappa shape index (κ3) is 3.98. The van der Waals surface area contributed by atoms with Gasteiger partial charge in [0.15, 0.2) is 0 Å². The number of nitrogens with zero attached hydrogens (tertiary/aromatic N) is 1. The van der Waals surface area contributed by atoms with E-state index in [9.17, 15) is 4.79 Å². The molecule has 1 heterocycles. The van der Waals surface area contributed by atoms with Crippen molar-refractivity contribution in [2.24, 2.45) is 0 Å². The van der Waals surface area contributed by atoms with Crippen molar-refractivity contribution in [1.29, 1.82) is 0 Å². The number of aryl methyl sites for hydroxylation is 1. The fourth-order valence-electron chi connectivity index (χ4n) is 2.68. The number of benzene rings is 2. The third-order valence-electron chi connectivity index (χ3n) is 4.00. The molecular weight excluding hydrogens is 330 g/mol. The average Bonchev–Trinajstić information content (AvgIpc) is 3.17. The Labute approximate surface area is 152 Å². The van der Waals surface area contributed by atoms with Crippen LogP contribution in [0.15, 0.2) is 60.0 Å². The van der Waals surface area contributed by atoms with Gasteiger partial charge in [-0.2, -0.15) is 0 Å². The van der Waals surface area contributed by atoms with Crippen molar-refractivity contribution in [3.63, 3.8) is 0 Å². The molecule has 0 aliphatic heterocycles. The summed E-state index contributed by atoms with van der Waals surface area (Å²) in [5, 5.41) is 5.96. The van der Waals surface area contributed by atoms with E-state index in [4.69, 9.17) is 4.74 Å². The van der Waals surface area contributed by atoms with E-state index in [0.717, 1.165) is 11.1 Å². The molecule has 0 N–H and O–H groups in total. The predicted octanol–water partition coefficient (Wildman–Crippen LogP) is 4.57. The van der Waals surface area contributed by atoms with Gasteiger partial charge in [-0.25, -0.2) is 5.32 Å². The summed E-state index contributed by atoms with van der Waals surface area (Å²) in [6.07, 6.45) is 0. The van der Waals surface area contributed by atoms with Gasteiger partial charge in [-0.3, -0.25) is 4.79 Å². The minimum Gasteiger partial charge on any atom is -0.491 e. The number of ketones is 1. The Hall–Kier alpha value is -2.43. The number of rotatable bonds is 7. The smallest absolute Gasteiger partial charge is 0.206 e. The maximum Gasteiger partial charge on any atom is 0.206 e. The predicted molar refractivity (Wildman–Crippen MR) is 103 cm³/mol. The van der Waals surface area contributed by atoms with Crippen LogP contribution >= 0.6 is 11.3 Å². The molecule has 1 radical (unpaired) electrons. The molecule has 0 saturated heterocycles. The maximum atomic E-state index is 12.9. The highest BCUT2D eigenvalue weighted by Gasteiger charge is 2.17. The molecule has 0 saturated carbocycles. The van der Waals surface area contributed by atoms with Gasteiger partial charge in [0, 0.05) is 13.6 Å². The Morgan fingerprint density at radius 1 is 1.12 bits per heavy atom. The summed E-state index contributed by atoms with van der Waals surface area (Å²) in [5.74, 6) is 0.605. The zero-order valence-corrected chi connectivity index (χ0v) is 15.2. The largest absolute Gasteiger partial charge is 0.491 e. The van der Waals surface area contributed by atoms with Crippen LogP contribution in [0.25, 0.3) is 11.1 Å². The molecule has 0 spiro atoms. The van der Waals surface area contributed by atoms with Crippen LogP contribution in [-0.4, -0.2) is 26.0 Å². The molecular formula is C21H20NO2S. The monoisotopic (exact) mass is 350 g/mol. The lowest BCUT2D eigenvalue weighted by Crippen LogP contribution is -2.12. The molecule has 0 aliphatic rings. The fourth-order valence-corrected chi connectivity index (χ4v) is 3.36. The van der Waals surface area contributed by atoms with Gasteiger partial charge >= 0.3 is 0 Å². The van der Waals surface area contributed by atoms with Crippen molar-refractivity contribution >= 4 is 17.1 Å². The fraction of sp³-hybridized carbons (Fsp3) is 0.190. The van der Waals surface area contributed by atoms with Crippen molar-refractivity contribution in [1.82, 2.24) is 5.32 Å². The number of thiophene rings is 1. The lowest BCUT2D eigenvalue weighted by molar-refractivity contribution is 0.103. The van der Waals surface area contributed by atoms with Crippen LogP contribution < -0.4 is 10.1 Å². The molecule has 3 aromatic rings. The average molecular weight is 350 g/mol. The molecule has 0 atom stereocenters. The van der Waals surface area contributed by atoms with E-state index in [2.05, 4.69) is 24.4 Å². The van der Waals surface area contributed by atoms with Crippen molar-refractivity contribution in [2.45, 2.75) is 6.92 Å². The Balaban J connectivity index is 2.02. The van der Waals surface area contributed by atoms with Gasteiger partial charge in [0.2, 0.25) is 5.78 Å². The summed E-state index contributed by atoms with van der Waals surface area (Å²) in [5.41, 5.74) is 3.91. The standard InChI is InChI=1S/C21H20NO2S/c1-15-6-3-4-7-17(15)16-9-10-19(24-12-11-22-2)18(14-16)21(23)20-8-5-13-25-20/h3-10,13-14H,11-12H2,1-2H3. The molecule has 2 aromatic carbocycles. The number of likely N-dealkylation sites (N-methyl/N-ethyl adjacent to an activating group) is 1. The second-order valence-electron chi connectivity index (χ2n) is 5.72. The van der Waals surface area contributed by atoms with Crippen molar-refractivity contribution < 1.29 is 9.53 Å². The number of ether oxygens (including phenoxy) is 1. The number of hydrogen-bond donors (Lipinski definition) is 0. The van der Waals surface area contributed by atoms with Gasteiger partial charge in [-0.05, 0) is 47.2 Å². The molecule has 4 heteroatoms. The van der Waals surface area contributed by atoms with E-state index in [-0.39, 0.29) is 5.78 Å².